The summed E-state index contributed by atoms with van der Waals surface area (Å²) >= 11 is 0. The molecule has 0 aromatic carbocycles. The van der Waals surface area contributed by atoms with Crippen LogP contribution in [0.2, 0.25) is 0 Å². The molecule has 2 aromatic rings. The topological polar surface area (TPSA) is 91.2 Å². The highest BCUT2D eigenvalue weighted by atomic mass is 16.3. The molecule has 1 aliphatic carbocycles. The second-order valence-corrected chi connectivity index (χ2v) is 8.58. The minimum absolute atomic E-state index is 0.0266. The number of rotatable bonds is 3. The molecule has 7 heteroatoms. The first-order valence-corrected chi connectivity index (χ1v) is 9.92. The van der Waals surface area contributed by atoms with Crippen molar-refractivity contribution in [3.63, 3.8) is 0 Å². The number of piperidine rings is 1. The zero-order valence-corrected chi connectivity index (χ0v) is 16.4. The van der Waals surface area contributed by atoms with Gasteiger partial charge < -0.3 is 15.3 Å². The van der Waals surface area contributed by atoms with E-state index in [0.717, 1.165) is 56.0 Å². The Hall–Kier alpha value is -2.54. The Kier molecular flexibility index (Phi) is 5.02. The Morgan fingerprint density at radius 1 is 1.25 bits per heavy atom. The first kappa shape index (κ1) is 18.8. The number of nitrogens with zero attached hydrogens (tertiary/aromatic N) is 4. The predicted molar refractivity (Wildman–Crippen MR) is 106 cm³/mol. The summed E-state index contributed by atoms with van der Waals surface area (Å²) in [5.74, 6) is 0.543. The number of aromatic nitrogens is 3. The molecule has 1 fully saturated rings. The van der Waals surface area contributed by atoms with Gasteiger partial charge in [-0.1, -0.05) is 19.9 Å². The Morgan fingerprint density at radius 2 is 2.04 bits per heavy atom. The van der Waals surface area contributed by atoms with Gasteiger partial charge in [0.05, 0.1) is 17.8 Å². The second-order valence-electron chi connectivity index (χ2n) is 8.58. The third-order valence-corrected chi connectivity index (χ3v) is 5.62. The van der Waals surface area contributed by atoms with Crippen LogP contribution in [0.3, 0.4) is 0 Å². The fourth-order valence-electron chi connectivity index (χ4n) is 4.11. The molecule has 0 radical (unpaired) electrons. The smallest absolute Gasteiger partial charge is 0.270 e. The normalized spacial score (nSPS) is 21.8. The van der Waals surface area contributed by atoms with Gasteiger partial charge in [0.15, 0.2) is 0 Å². The van der Waals surface area contributed by atoms with Crippen molar-refractivity contribution in [2.45, 2.75) is 51.7 Å². The standard InChI is InChI=1S/C21H27N5O2/c1-21(2)11-17(24-19(28)16-5-3-4-8-22-16)15-13-23-20(25-18(15)12-21)26-9-6-14(27)7-10-26/h3-5,8,13-14,17,27H,6-7,9-12H2,1-2H3,(H,24,28). The minimum atomic E-state index is -0.223. The number of anilines is 1. The van der Waals surface area contributed by atoms with Crippen molar-refractivity contribution in [3.05, 3.63) is 47.5 Å². The lowest BCUT2D eigenvalue weighted by Gasteiger charge is -2.37. The summed E-state index contributed by atoms with van der Waals surface area (Å²) < 4.78 is 0. The maximum absolute atomic E-state index is 12.6. The molecule has 4 rings (SSSR count). The van der Waals surface area contributed by atoms with Gasteiger partial charge in [0.2, 0.25) is 5.95 Å². The summed E-state index contributed by atoms with van der Waals surface area (Å²) in [4.78, 5) is 28.4. The molecule has 148 valence electrons. The number of pyridine rings is 1. The largest absolute Gasteiger partial charge is 0.393 e. The van der Waals surface area contributed by atoms with Crippen molar-refractivity contribution in [3.8, 4) is 0 Å². The minimum Gasteiger partial charge on any atom is -0.393 e. The molecule has 28 heavy (non-hydrogen) atoms. The van der Waals surface area contributed by atoms with E-state index in [-0.39, 0.29) is 23.5 Å². The van der Waals surface area contributed by atoms with E-state index in [1.165, 1.54) is 0 Å². The number of carbonyl (C=O) groups is 1. The van der Waals surface area contributed by atoms with Crippen LogP contribution in [-0.4, -0.2) is 45.2 Å². The number of aliphatic hydroxyl groups is 1. The van der Waals surface area contributed by atoms with Gasteiger partial charge in [-0.2, -0.15) is 0 Å². The third kappa shape index (κ3) is 3.99. The summed E-state index contributed by atoms with van der Waals surface area (Å²) in [6, 6.07) is 5.19. The molecule has 2 aliphatic rings. The van der Waals surface area contributed by atoms with Crippen LogP contribution in [0.4, 0.5) is 5.95 Å². The van der Waals surface area contributed by atoms with Crippen molar-refractivity contribution in [2.75, 3.05) is 18.0 Å². The maximum atomic E-state index is 12.6. The Bertz CT molecular complexity index is 847. The lowest BCUT2D eigenvalue weighted by atomic mass is 9.74. The highest BCUT2D eigenvalue weighted by Crippen LogP contribution is 2.40. The van der Waals surface area contributed by atoms with E-state index in [1.54, 1.807) is 18.3 Å². The number of hydrogen-bond donors (Lipinski definition) is 2. The molecule has 1 aliphatic heterocycles. The Labute approximate surface area is 165 Å². The number of aliphatic hydroxyl groups excluding tert-OH is 1. The molecular formula is C21H27N5O2. The quantitative estimate of drug-likeness (QED) is 0.848. The summed E-state index contributed by atoms with van der Waals surface area (Å²) in [5, 5.41) is 12.9. The zero-order valence-electron chi connectivity index (χ0n) is 16.4. The van der Waals surface area contributed by atoms with E-state index in [1.807, 2.05) is 12.3 Å². The molecule has 1 amide bonds. The van der Waals surface area contributed by atoms with E-state index in [2.05, 4.69) is 34.0 Å². The molecule has 7 nitrogen and oxygen atoms in total. The summed E-state index contributed by atoms with van der Waals surface area (Å²) in [6.07, 6.45) is 6.43. The number of fused-ring (bicyclic) bond motifs is 1. The Balaban J connectivity index is 1.58. The summed E-state index contributed by atoms with van der Waals surface area (Å²) in [5.41, 5.74) is 2.43. The van der Waals surface area contributed by atoms with Gasteiger partial charge in [0, 0.05) is 31.0 Å². The van der Waals surface area contributed by atoms with Crippen molar-refractivity contribution < 1.29 is 9.90 Å². The molecule has 0 spiro atoms. The van der Waals surface area contributed by atoms with E-state index in [0.29, 0.717) is 5.69 Å². The van der Waals surface area contributed by atoms with Crippen LogP contribution < -0.4 is 10.2 Å². The van der Waals surface area contributed by atoms with Crippen LogP contribution >= 0.6 is 0 Å². The molecule has 0 bridgehead atoms. The number of nitrogens with one attached hydrogen (secondary N) is 1. The van der Waals surface area contributed by atoms with Crippen LogP contribution in [0.1, 0.15) is 60.9 Å². The molecule has 2 N–H and O–H groups in total. The van der Waals surface area contributed by atoms with E-state index in [9.17, 15) is 9.90 Å². The predicted octanol–water partition coefficient (Wildman–Crippen LogP) is 2.28. The number of hydrogen-bond acceptors (Lipinski definition) is 6. The van der Waals surface area contributed by atoms with Crippen molar-refractivity contribution >= 4 is 11.9 Å². The lowest BCUT2D eigenvalue weighted by Crippen LogP contribution is -2.39. The Morgan fingerprint density at radius 3 is 2.75 bits per heavy atom. The monoisotopic (exact) mass is 381 g/mol. The van der Waals surface area contributed by atoms with E-state index < -0.39 is 0 Å². The molecule has 1 saturated heterocycles. The van der Waals surface area contributed by atoms with Crippen LogP contribution in [0.15, 0.2) is 30.6 Å². The van der Waals surface area contributed by atoms with Gasteiger partial charge in [0.1, 0.15) is 5.69 Å². The van der Waals surface area contributed by atoms with Crippen LogP contribution in [0.25, 0.3) is 0 Å². The van der Waals surface area contributed by atoms with Gasteiger partial charge in [-0.25, -0.2) is 9.97 Å². The molecule has 2 aromatic heterocycles. The maximum Gasteiger partial charge on any atom is 0.270 e. The van der Waals surface area contributed by atoms with Crippen molar-refractivity contribution in [1.29, 1.82) is 0 Å². The zero-order chi connectivity index (χ0) is 19.7. The summed E-state index contributed by atoms with van der Waals surface area (Å²) in [6.45, 7) is 5.94. The van der Waals surface area contributed by atoms with E-state index >= 15 is 0 Å². The average Bonchev–Trinajstić information content (AvgIpc) is 2.68. The van der Waals surface area contributed by atoms with Gasteiger partial charge in [-0.3, -0.25) is 9.78 Å². The fraction of sp³-hybridized carbons (Fsp3) is 0.524. The van der Waals surface area contributed by atoms with Gasteiger partial charge in [0.25, 0.3) is 5.91 Å². The third-order valence-electron chi connectivity index (χ3n) is 5.62. The van der Waals surface area contributed by atoms with Gasteiger partial charge >= 0.3 is 0 Å². The molecular weight excluding hydrogens is 354 g/mol. The van der Waals surface area contributed by atoms with Crippen molar-refractivity contribution in [1.82, 2.24) is 20.3 Å². The first-order chi connectivity index (χ1) is 13.4. The average molecular weight is 381 g/mol. The van der Waals surface area contributed by atoms with Crippen molar-refractivity contribution in [2.24, 2.45) is 5.41 Å². The second kappa shape index (κ2) is 7.47. The molecule has 1 unspecified atom stereocenters. The van der Waals surface area contributed by atoms with E-state index in [4.69, 9.17) is 4.98 Å². The molecule has 0 saturated carbocycles. The fourth-order valence-corrected chi connectivity index (χ4v) is 4.11. The molecule has 1 atom stereocenters. The van der Waals surface area contributed by atoms with Gasteiger partial charge in [-0.15, -0.1) is 0 Å². The van der Waals surface area contributed by atoms with Gasteiger partial charge in [-0.05, 0) is 43.2 Å². The SMILES string of the molecule is CC1(C)Cc2nc(N3CCC(O)CC3)ncc2C(NC(=O)c2ccccn2)C1. The lowest BCUT2D eigenvalue weighted by molar-refractivity contribution is 0.0914. The first-order valence-electron chi connectivity index (χ1n) is 9.92. The highest BCUT2D eigenvalue weighted by molar-refractivity contribution is 5.92. The summed E-state index contributed by atoms with van der Waals surface area (Å²) in [7, 11) is 0. The van der Waals surface area contributed by atoms with Crippen LogP contribution in [-0.2, 0) is 6.42 Å². The number of carbonyl (C=O) groups excluding carboxylic acids is 1. The molecule has 3 heterocycles. The highest BCUT2D eigenvalue weighted by Gasteiger charge is 2.35. The van der Waals surface area contributed by atoms with Crippen LogP contribution in [0, 0.1) is 5.41 Å². The van der Waals surface area contributed by atoms with Crippen LogP contribution in [0.5, 0.6) is 0 Å². The number of amides is 1.